The van der Waals surface area contributed by atoms with E-state index in [1.807, 2.05) is 32.0 Å². The summed E-state index contributed by atoms with van der Waals surface area (Å²) >= 11 is 4.30. The van der Waals surface area contributed by atoms with Crippen LogP contribution in [-0.4, -0.2) is 65.4 Å². The molecule has 4 atom stereocenters. The molecule has 0 heterocycles. The lowest BCUT2D eigenvalue weighted by Gasteiger charge is -2.35. The predicted octanol–water partition coefficient (Wildman–Crippen LogP) is 3.17. The van der Waals surface area contributed by atoms with Crippen molar-refractivity contribution in [1.29, 1.82) is 0 Å². The minimum atomic E-state index is -0.990. The van der Waals surface area contributed by atoms with Crippen LogP contribution in [0.15, 0.2) is 24.3 Å². The first-order chi connectivity index (χ1) is 16.9. The topological polar surface area (TPSA) is 114 Å². The van der Waals surface area contributed by atoms with Crippen LogP contribution in [0, 0.1) is 12.8 Å². The highest BCUT2D eigenvalue weighted by Crippen LogP contribution is 2.40. The SMILES string of the molecule is CCOC(=O)CCNC(=O)C(c1cccc(C)c1)N(C(=O)C(CS)NC(=O)OC(C)(C)C)C1CC1C. The van der Waals surface area contributed by atoms with E-state index in [9.17, 15) is 19.2 Å². The number of benzene rings is 1. The third-order valence-electron chi connectivity index (χ3n) is 5.67. The Morgan fingerprint density at radius 2 is 1.89 bits per heavy atom. The van der Waals surface area contributed by atoms with E-state index < -0.39 is 41.6 Å². The van der Waals surface area contributed by atoms with Crippen molar-refractivity contribution in [3.8, 4) is 0 Å². The summed E-state index contributed by atoms with van der Waals surface area (Å²) in [5, 5.41) is 5.39. The number of amides is 3. The smallest absolute Gasteiger partial charge is 0.408 e. The molecule has 1 aliphatic carbocycles. The molecule has 4 unspecified atom stereocenters. The Morgan fingerprint density at radius 1 is 1.22 bits per heavy atom. The average Bonchev–Trinajstić information content (AvgIpc) is 3.49. The molecule has 200 valence electrons. The molecule has 36 heavy (non-hydrogen) atoms. The first kappa shape index (κ1) is 29.5. The maximum absolute atomic E-state index is 13.8. The Balaban J connectivity index is 2.35. The van der Waals surface area contributed by atoms with E-state index in [1.54, 1.807) is 38.7 Å². The number of alkyl carbamates (subject to hydrolysis) is 1. The van der Waals surface area contributed by atoms with Gasteiger partial charge in [0.05, 0.1) is 13.0 Å². The van der Waals surface area contributed by atoms with Gasteiger partial charge >= 0.3 is 12.1 Å². The quantitative estimate of drug-likeness (QED) is 0.305. The van der Waals surface area contributed by atoms with Crippen molar-refractivity contribution in [1.82, 2.24) is 15.5 Å². The monoisotopic (exact) mass is 521 g/mol. The molecule has 1 aromatic rings. The molecule has 0 aliphatic heterocycles. The number of rotatable bonds is 11. The number of carbonyl (C=O) groups excluding carboxylic acids is 4. The Bertz CT molecular complexity index is 948. The van der Waals surface area contributed by atoms with Crippen LogP contribution in [0.4, 0.5) is 4.79 Å². The molecule has 2 N–H and O–H groups in total. The fourth-order valence-electron chi connectivity index (χ4n) is 3.88. The van der Waals surface area contributed by atoms with Gasteiger partial charge in [-0.25, -0.2) is 4.79 Å². The van der Waals surface area contributed by atoms with Crippen molar-refractivity contribution < 1.29 is 28.7 Å². The standard InChI is InChI=1S/C26H39N3O6S/c1-7-34-21(30)11-12-27-23(31)22(18-10-8-9-16(2)13-18)29(20-14-17(20)3)24(32)19(15-36)28-25(33)35-26(4,5)6/h8-10,13,17,19-20,22,36H,7,11-12,14-15H2,1-6H3,(H,27,31)(H,28,33). The molecule has 0 aromatic heterocycles. The minimum absolute atomic E-state index is 0.0212. The Labute approximate surface area is 219 Å². The minimum Gasteiger partial charge on any atom is -0.466 e. The third-order valence-corrected chi connectivity index (χ3v) is 6.03. The van der Waals surface area contributed by atoms with E-state index in [-0.39, 0.29) is 37.3 Å². The van der Waals surface area contributed by atoms with Crippen molar-refractivity contribution in [2.45, 2.75) is 78.1 Å². The second-order valence-corrected chi connectivity index (χ2v) is 10.4. The zero-order chi connectivity index (χ0) is 27.0. The van der Waals surface area contributed by atoms with Crippen LogP contribution in [0.25, 0.3) is 0 Å². The summed E-state index contributed by atoms with van der Waals surface area (Å²) in [5.41, 5.74) is 0.846. The molecule has 1 fully saturated rings. The van der Waals surface area contributed by atoms with Crippen molar-refractivity contribution in [2.75, 3.05) is 18.9 Å². The summed E-state index contributed by atoms with van der Waals surface area (Å²) in [5.74, 6) is -1.02. The first-order valence-corrected chi connectivity index (χ1v) is 12.9. The zero-order valence-corrected chi connectivity index (χ0v) is 22.9. The van der Waals surface area contributed by atoms with Gasteiger partial charge in [-0.3, -0.25) is 14.4 Å². The highest BCUT2D eigenvalue weighted by atomic mass is 32.1. The van der Waals surface area contributed by atoms with E-state index in [0.29, 0.717) is 5.56 Å². The van der Waals surface area contributed by atoms with Gasteiger partial charge in [0.25, 0.3) is 0 Å². The zero-order valence-electron chi connectivity index (χ0n) is 22.0. The van der Waals surface area contributed by atoms with Gasteiger partial charge < -0.3 is 25.0 Å². The lowest BCUT2D eigenvalue weighted by molar-refractivity contribution is -0.144. The molecule has 1 aliphatic rings. The number of nitrogens with zero attached hydrogens (tertiary/aromatic N) is 1. The summed E-state index contributed by atoms with van der Waals surface area (Å²) < 4.78 is 10.3. The number of carbonyl (C=O) groups is 4. The number of aryl methyl sites for hydroxylation is 1. The Kier molecular flexibility index (Phi) is 10.6. The highest BCUT2D eigenvalue weighted by Gasteiger charge is 2.48. The van der Waals surface area contributed by atoms with Crippen molar-refractivity contribution >= 4 is 36.5 Å². The van der Waals surface area contributed by atoms with E-state index in [1.165, 1.54) is 0 Å². The van der Waals surface area contributed by atoms with Crippen LogP contribution < -0.4 is 10.6 Å². The van der Waals surface area contributed by atoms with Crippen LogP contribution in [0.1, 0.15) is 64.6 Å². The van der Waals surface area contributed by atoms with Gasteiger partial charge in [0.2, 0.25) is 11.8 Å². The third kappa shape index (κ3) is 8.72. The molecule has 1 saturated carbocycles. The van der Waals surface area contributed by atoms with E-state index in [0.717, 1.165) is 12.0 Å². The number of hydrogen-bond donors (Lipinski definition) is 3. The number of esters is 1. The van der Waals surface area contributed by atoms with Crippen molar-refractivity contribution in [3.05, 3.63) is 35.4 Å². The van der Waals surface area contributed by atoms with Gasteiger partial charge in [0, 0.05) is 18.3 Å². The van der Waals surface area contributed by atoms with E-state index in [2.05, 4.69) is 23.3 Å². The summed E-state index contributed by atoms with van der Waals surface area (Å²) in [6.07, 6.45) is 0.0215. The summed E-state index contributed by atoms with van der Waals surface area (Å²) in [6.45, 7) is 11.2. The molecule has 3 amide bonds. The van der Waals surface area contributed by atoms with Gasteiger partial charge in [0.15, 0.2) is 0 Å². The molecular weight excluding hydrogens is 482 g/mol. The average molecular weight is 522 g/mol. The summed E-state index contributed by atoms with van der Waals surface area (Å²) in [4.78, 5) is 53.1. The van der Waals surface area contributed by atoms with Gasteiger partial charge in [-0.15, -0.1) is 0 Å². The van der Waals surface area contributed by atoms with Gasteiger partial charge in [0.1, 0.15) is 17.7 Å². The molecule has 2 rings (SSSR count). The van der Waals surface area contributed by atoms with Gasteiger partial charge in [-0.1, -0.05) is 36.8 Å². The van der Waals surface area contributed by atoms with Crippen molar-refractivity contribution in [2.24, 2.45) is 5.92 Å². The van der Waals surface area contributed by atoms with Crippen LogP contribution in [0.2, 0.25) is 0 Å². The van der Waals surface area contributed by atoms with Gasteiger partial charge in [-0.2, -0.15) is 12.6 Å². The Morgan fingerprint density at radius 3 is 2.42 bits per heavy atom. The number of ether oxygens (including phenoxy) is 2. The molecule has 0 saturated heterocycles. The second-order valence-electron chi connectivity index (χ2n) is 10.1. The summed E-state index contributed by atoms with van der Waals surface area (Å²) in [6, 6.07) is 5.28. The largest absolute Gasteiger partial charge is 0.466 e. The first-order valence-electron chi connectivity index (χ1n) is 12.3. The molecular formula is C26H39N3O6S. The van der Waals surface area contributed by atoms with Crippen LogP contribution in [0.3, 0.4) is 0 Å². The lowest BCUT2D eigenvalue weighted by atomic mass is 10.0. The molecule has 1 aromatic carbocycles. The Hall–Kier alpha value is -2.75. The fourth-order valence-corrected chi connectivity index (χ4v) is 4.13. The van der Waals surface area contributed by atoms with Crippen LogP contribution in [-0.2, 0) is 23.9 Å². The second kappa shape index (κ2) is 13.0. The fraction of sp³-hybridized carbons (Fsp3) is 0.615. The molecule has 0 radical (unpaired) electrons. The van der Waals surface area contributed by atoms with E-state index >= 15 is 0 Å². The molecule has 9 nitrogen and oxygen atoms in total. The number of nitrogens with one attached hydrogen (secondary N) is 2. The highest BCUT2D eigenvalue weighted by molar-refractivity contribution is 7.80. The maximum Gasteiger partial charge on any atom is 0.408 e. The van der Waals surface area contributed by atoms with E-state index in [4.69, 9.17) is 9.47 Å². The number of hydrogen-bond acceptors (Lipinski definition) is 7. The normalized spacial score (nSPS) is 18.4. The van der Waals surface area contributed by atoms with Crippen LogP contribution >= 0.6 is 12.6 Å². The summed E-state index contributed by atoms with van der Waals surface area (Å²) in [7, 11) is 0. The van der Waals surface area contributed by atoms with Crippen molar-refractivity contribution in [3.63, 3.8) is 0 Å². The lowest BCUT2D eigenvalue weighted by Crippen LogP contribution is -2.54. The number of thiol groups is 1. The van der Waals surface area contributed by atoms with Gasteiger partial charge in [-0.05, 0) is 52.5 Å². The molecule has 0 bridgehead atoms. The molecule has 0 spiro atoms. The maximum atomic E-state index is 13.8. The molecule has 10 heteroatoms. The van der Waals surface area contributed by atoms with Crippen LogP contribution in [0.5, 0.6) is 0 Å². The predicted molar refractivity (Wildman–Crippen MR) is 140 cm³/mol.